The number of hydrogen-bond donors (Lipinski definition) is 2. The van der Waals surface area contributed by atoms with E-state index in [1.807, 2.05) is 0 Å². The summed E-state index contributed by atoms with van der Waals surface area (Å²) in [5.41, 5.74) is -1.75. The molecule has 3 aromatic heterocycles. The number of nitrogens with zero attached hydrogens (tertiary/aromatic N) is 3. The molecule has 2 N–H and O–H groups in total. The topological polar surface area (TPSA) is 66.5 Å². The van der Waals surface area contributed by atoms with Crippen molar-refractivity contribution in [2.75, 3.05) is 5.32 Å². The lowest BCUT2D eigenvalue weighted by Gasteiger charge is -2.08. The minimum absolute atomic E-state index is 0.0829. The Morgan fingerprint density at radius 1 is 0.774 bits per heavy atom. The Kier molecular flexibility index (Phi) is 4.79. The number of alkyl halides is 6. The molecule has 0 bridgehead atoms. The van der Waals surface area contributed by atoms with E-state index in [9.17, 15) is 30.7 Å². The zero-order valence-corrected chi connectivity index (χ0v) is 15.1. The normalized spacial score (nSPS) is 12.4. The Bertz CT molecular complexity index is 1240. The van der Waals surface area contributed by atoms with Crippen molar-refractivity contribution in [1.82, 2.24) is 19.9 Å². The molecule has 0 amide bonds. The second-order valence-electron chi connectivity index (χ2n) is 6.42. The number of H-pyrrole nitrogens is 1. The Labute approximate surface area is 169 Å². The van der Waals surface area contributed by atoms with E-state index in [2.05, 4.69) is 25.3 Å². The Balaban J connectivity index is 1.64. The number of anilines is 2. The minimum atomic E-state index is -4.65. The van der Waals surface area contributed by atoms with Crippen LogP contribution in [-0.2, 0) is 12.4 Å². The molecule has 0 unspecified atom stereocenters. The highest BCUT2D eigenvalue weighted by molar-refractivity contribution is 5.81. The number of nitrogens with one attached hydrogen (secondary N) is 2. The van der Waals surface area contributed by atoms with Gasteiger partial charge in [0.05, 0.1) is 33.9 Å². The van der Waals surface area contributed by atoms with Crippen LogP contribution >= 0.6 is 0 Å². The molecule has 0 spiro atoms. The fourth-order valence-corrected chi connectivity index (χ4v) is 2.76. The van der Waals surface area contributed by atoms with Gasteiger partial charge in [-0.2, -0.15) is 26.3 Å². The molecule has 0 aliphatic heterocycles. The Morgan fingerprint density at radius 2 is 1.45 bits per heavy atom. The van der Waals surface area contributed by atoms with Crippen LogP contribution in [-0.4, -0.2) is 19.9 Å². The number of benzene rings is 1. The molecule has 4 rings (SSSR count). The van der Waals surface area contributed by atoms with Gasteiger partial charge in [0.2, 0.25) is 0 Å². The van der Waals surface area contributed by atoms with Gasteiger partial charge in [-0.1, -0.05) is 0 Å². The molecule has 0 radical (unpaired) electrons. The molecule has 3 heterocycles. The monoisotopic (exact) mass is 441 g/mol. The minimum Gasteiger partial charge on any atom is -0.337 e. The highest BCUT2D eigenvalue weighted by Gasteiger charge is 2.32. The summed E-state index contributed by atoms with van der Waals surface area (Å²) in [5.74, 6) is -0.778. The molecule has 4 aromatic rings. The van der Waals surface area contributed by atoms with Crippen LogP contribution in [0, 0.1) is 5.82 Å². The summed E-state index contributed by atoms with van der Waals surface area (Å²) >= 11 is 0. The fraction of sp³-hybridized carbons (Fsp3) is 0.105. The van der Waals surface area contributed by atoms with E-state index < -0.39 is 29.3 Å². The molecule has 0 saturated carbocycles. The summed E-state index contributed by atoms with van der Waals surface area (Å²) in [6, 6.07) is 5.32. The van der Waals surface area contributed by atoms with Crippen LogP contribution in [0.25, 0.3) is 22.4 Å². The van der Waals surface area contributed by atoms with Crippen molar-refractivity contribution >= 4 is 22.7 Å². The van der Waals surface area contributed by atoms with E-state index in [1.165, 1.54) is 12.3 Å². The summed E-state index contributed by atoms with van der Waals surface area (Å²) < 4.78 is 90.7. The maximum Gasteiger partial charge on any atom is 0.417 e. The molecule has 0 aliphatic carbocycles. The molecule has 1 aromatic carbocycles. The summed E-state index contributed by atoms with van der Waals surface area (Å²) in [5, 5.41) is 2.70. The zero-order valence-electron chi connectivity index (χ0n) is 15.1. The highest BCUT2D eigenvalue weighted by Crippen LogP contribution is 2.33. The maximum atomic E-state index is 14.1. The van der Waals surface area contributed by atoms with Gasteiger partial charge < -0.3 is 10.3 Å². The van der Waals surface area contributed by atoms with E-state index >= 15 is 0 Å². The van der Waals surface area contributed by atoms with Crippen molar-refractivity contribution in [2.45, 2.75) is 12.4 Å². The van der Waals surface area contributed by atoms with Gasteiger partial charge in [-0.15, -0.1) is 0 Å². The molecule has 0 atom stereocenters. The summed E-state index contributed by atoms with van der Waals surface area (Å²) in [7, 11) is 0. The fourth-order valence-electron chi connectivity index (χ4n) is 2.76. The second-order valence-corrected chi connectivity index (χ2v) is 6.42. The van der Waals surface area contributed by atoms with Crippen molar-refractivity contribution in [3.63, 3.8) is 0 Å². The average Bonchev–Trinajstić information content (AvgIpc) is 3.10. The van der Waals surface area contributed by atoms with E-state index in [-0.39, 0.29) is 28.5 Å². The quantitative estimate of drug-likeness (QED) is 0.386. The smallest absolute Gasteiger partial charge is 0.337 e. The standard InChI is InChI=1S/C19H10F7N5/c20-12-3-1-9(18(21,22)23)5-11(12)17-29-13-6-16(28-8-14(13)30-17)31-15-4-2-10(7-27-15)19(24,25)26/h1-8H,(H,29,30)(H,27,28,31). The van der Waals surface area contributed by atoms with Gasteiger partial charge >= 0.3 is 12.4 Å². The molecule has 12 heteroatoms. The van der Waals surface area contributed by atoms with E-state index in [0.29, 0.717) is 29.9 Å². The van der Waals surface area contributed by atoms with Gasteiger partial charge in [0, 0.05) is 12.3 Å². The van der Waals surface area contributed by atoms with Crippen molar-refractivity contribution in [3.8, 4) is 11.4 Å². The van der Waals surface area contributed by atoms with Crippen molar-refractivity contribution in [1.29, 1.82) is 0 Å². The van der Waals surface area contributed by atoms with Crippen LogP contribution in [0.2, 0.25) is 0 Å². The summed E-state index contributed by atoms with van der Waals surface area (Å²) in [6.07, 6.45) is -7.22. The van der Waals surface area contributed by atoms with E-state index in [4.69, 9.17) is 0 Å². The lowest BCUT2D eigenvalue weighted by molar-refractivity contribution is -0.138. The van der Waals surface area contributed by atoms with Crippen LogP contribution < -0.4 is 5.32 Å². The molecule has 0 fully saturated rings. The molecule has 0 aliphatic rings. The number of fused-ring (bicyclic) bond motifs is 1. The number of halogens is 7. The van der Waals surface area contributed by atoms with Crippen LogP contribution in [0.4, 0.5) is 42.4 Å². The number of aromatic nitrogens is 4. The first-order valence-corrected chi connectivity index (χ1v) is 8.54. The van der Waals surface area contributed by atoms with Crippen LogP contribution in [0.1, 0.15) is 11.1 Å². The lowest BCUT2D eigenvalue weighted by atomic mass is 10.1. The number of imidazole rings is 1. The predicted molar refractivity (Wildman–Crippen MR) is 96.8 cm³/mol. The number of aromatic amines is 1. The highest BCUT2D eigenvalue weighted by atomic mass is 19.4. The first-order chi connectivity index (χ1) is 14.5. The Hall–Kier alpha value is -3.70. The van der Waals surface area contributed by atoms with E-state index in [0.717, 1.165) is 12.1 Å². The molecular formula is C19H10F7N5. The third-order valence-corrected chi connectivity index (χ3v) is 4.26. The number of hydrogen-bond acceptors (Lipinski definition) is 4. The van der Waals surface area contributed by atoms with Gasteiger partial charge in [-0.3, -0.25) is 0 Å². The zero-order chi connectivity index (χ0) is 22.4. The maximum absolute atomic E-state index is 14.1. The van der Waals surface area contributed by atoms with Crippen molar-refractivity contribution < 1.29 is 30.7 Å². The summed E-state index contributed by atoms with van der Waals surface area (Å²) in [4.78, 5) is 14.5. The lowest BCUT2D eigenvalue weighted by Crippen LogP contribution is -2.06. The van der Waals surface area contributed by atoms with Gasteiger partial charge in [-0.25, -0.2) is 19.3 Å². The van der Waals surface area contributed by atoms with Crippen molar-refractivity contribution in [2.24, 2.45) is 0 Å². The number of rotatable bonds is 3. The van der Waals surface area contributed by atoms with Crippen LogP contribution in [0.5, 0.6) is 0 Å². The molecule has 31 heavy (non-hydrogen) atoms. The average molecular weight is 441 g/mol. The van der Waals surface area contributed by atoms with Crippen molar-refractivity contribution in [3.05, 3.63) is 65.7 Å². The first-order valence-electron chi connectivity index (χ1n) is 8.54. The number of pyridine rings is 2. The first kappa shape index (κ1) is 20.6. The van der Waals surface area contributed by atoms with Gasteiger partial charge in [0.1, 0.15) is 23.3 Å². The summed E-state index contributed by atoms with van der Waals surface area (Å²) in [6.45, 7) is 0. The molecular weight excluding hydrogens is 431 g/mol. The molecule has 5 nitrogen and oxygen atoms in total. The second kappa shape index (κ2) is 7.22. The predicted octanol–water partition coefficient (Wildman–Crippen LogP) is 5.94. The Morgan fingerprint density at radius 3 is 2.10 bits per heavy atom. The largest absolute Gasteiger partial charge is 0.417 e. The van der Waals surface area contributed by atoms with Gasteiger partial charge in [0.25, 0.3) is 0 Å². The SMILES string of the molecule is Fc1ccc(C(F)(F)F)cc1-c1nc2cc(Nc3ccc(C(F)(F)F)cn3)ncc2[nH]1. The van der Waals surface area contributed by atoms with E-state index in [1.54, 1.807) is 0 Å². The van der Waals surface area contributed by atoms with Gasteiger partial charge in [-0.05, 0) is 30.3 Å². The third-order valence-electron chi connectivity index (χ3n) is 4.26. The van der Waals surface area contributed by atoms with Crippen LogP contribution in [0.15, 0.2) is 48.8 Å². The van der Waals surface area contributed by atoms with Gasteiger partial charge in [0.15, 0.2) is 0 Å². The third kappa shape index (κ3) is 4.27. The van der Waals surface area contributed by atoms with Crippen LogP contribution in [0.3, 0.4) is 0 Å². The molecule has 0 saturated heterocycles. The molecule has 160 valence electrons.